The van der Waals surface area contributed by atoms with Crippen LogP contribution in [0.5, 0.6) is 0 Å². The average molecular weight is 268 g/mol. The maximum Gasteiger partial charge on any atom is 0.134 e. The van der Waals surface area contributed by atoms with Crippen LogP contribution in [-0.2, 0) is 0 Å². The minimum Gasteiger partial charge on any atom is -0.325 e. The highest BCUT2D eigenvalue weighted by atomic mass is 15.1. The first-order valence-electron chi connectivity index (χ1n) is 7.19. The van der Waals surface area contributed by atoms with E-state index >= 15 is 0 Å². The number of nitrogens with zero attached hydrogens (tertiary/aromatic N) is 2. The molecule has 0 spiro atoms. The van der Waals surface area contributed by atoms with Crippen LogP contribution in [0.1, 0.15) is 30.0 Å². The van der Waals surface area contributed by atoms with Gasteiger partial charge in [-0.15, -0.1) is 0 Å². The van der Waals surface area contributed by atoms with Crippen molar-refractivity contribution in [2.45, 2.75) is 25.7 Å². The summed E-state index contributed by atoms with van der Waals surface area (Å²) in [7, 11) is 0. The number of pyridine rings is 2. The van der Waals surface area contributed by atoms with Gasteiger partial charge < -0.3 is 10.6 Å². The lowest BCUT2D eigenvalue weighted by atomic mass is 9.96. The fourth-order valence-corrected chi connectivity index (χ4v) is 2.59. The van der Waals surface area contributed by atoms with E-state index in [1.54, 1.807) is 6.20 Å². The second-order valence-corrected chi connectivity index (χ2v) is 5.28. The van der Waals surface area contributed by atoms with Gasteiger partial charge in [0.25, 0.3) is 0 Å². The topological polar surface area (TPSA) is 49.8 Å². The minimum absolute atomic E-state index is 0.523. The molecule has 0 aromatic carbocycles. The molecular weight excluding hydrogens is 248 g/mol. The molecule has 1 fully saturated rings. The summed E-state index contributed by atoms with van der Waals surface area (Å²) in [5, 5.41) is 6.75. The predicted molar refractivity (Wildman–Crippen MR) is 81.3 cm³/mol. The van der Waals surface area contributed by atoms with Crippen LogP contribution in [0.25, 0.3) is 0 Å². The van der Waals surface area contributed by atoms with Crippen molar-refractivity contribution in [1.82, 2.24) is 15.3 Å². The van der Waals surface area contributed by atoms with Gasteiger partial charge in [-0.05, 0) is 50.1 Å². The Morgan fingerprint density at radius 2 is 2.20 bits per heavy atom. The summed E-state index contributed by atoms with van der Waals surface area (Å²) in [5.41, 5.74) is 2.29. The van der Waals surface area contributed by atoms with Crippen molar-refractivity contribution in [3.8, 4) is 0 Å². The van der Waals surface area contributed by atoms with Gasteiger partial charge in [0.05, 0.1) is 0 Å². The van der Waals surface area contributed by atoms with E-state index in [9.17, 15) is 0 Å². The van der Waals surface area contributed by atoms with E-state index in [-0.39, 0.29) is 0 Å². The van der Waals surface area contributed by atoms with Gasteiger partial charge in [0.2, 0.25) is 0 Å². The summed E-state index contributed by atoms with van der Waals surface area (Å²) in [6.45, 7) is 4.20. The minimum atomic E-state index is 0.523. The second-order valence-electron chi connectivity index (χ2n) is 5.28. The maximum atomic E-state index is 4.74. The van der Waals surface area contributed by atoms with Gasteiger partial charge in [-0.1, -0.05) is 12.1 Å². The fraction of sp³-hybridized carbons (Fsp3) is 0.375. The van der Waals surface area contributed by atoms with E-state index in [4.69, 9.17) is 4.98 Å². The van der Waals surface area contributed by atoms with E-state index in [0.717, 1.165) is 36.0 Å². The van der Waals surface area contributed by atoms with Crippen LogP contribution in [0, 0.1) is 6.92 Å². The molecule has 104 valence electrons. The van der Waals surface area contributed by atoms with Gasteiger partial charge in [-0.2, -0.15) is 0 Å². The lowest BCUT2D eigenvalue weighted by Gasteiger charge is -2.22. The first-order chi connectivity index (χ1) is 9.83. The molecular formula is C16H20N4. The third-order valence-electron chi connectivity index (χ3n) is 3.74. The van der Waals surface area contributed by atoms with E-state index in [0.29, 0.717) is 5.92 Å². The first kappa shape index (κ1) is 13.1. The van der Waals surface area contributed by atoms with Gasteiger partial charge in [-0.3, -0.25) is 0 Å². The number of hydrogen-bond acceptors (Lipinski definition) is 4. The molecule has 2 aromatic rings. The Labute approximate surface area is 119 Å². The van der Waals surface area contributed by atoms with Crippen LogP contribution in [0.3, 0.4) is 0 Å². The van der Waals surface area contributed by atoms with Crippen molar-refractivity contribution in [3.63, 3.8) is 0 Å². The highest BCUT2D eigenvalue weighted by Gasteiger charge is 2.16. The van der Waals surface area contributed by atoms with Gasteiger partial charge in [0.15, 0.2) is 0 Å². The van der Waals surface area contributed by atoms with Crippen LogP contribution in [0.4, 0.5) is 11.6 Å². The summed E-state index contributed by atoms with van der Waals surface area (Å²) in [4.78, 5) is 9.09. The lowest BCUT2D eigenvalue weighted by molar-refractivity contribution is 0.455. The number of piperidine rings is 1. The van der Waals surface area contributed by atoms with E-state index < -0.39 is 0 Å². The molecule has 0 radical (unpaired) electrons. The molecule has 0 aliphatic carbocycles. The van der Waals surface area contributed by atoms with Crippen LogP contribution < -0.4 is 10.6 Å². The third-order valence-corrected chi connectivity index (χ3v) is 3.74. The first-order valence-corrected chi connectivity index (χ1v) is 7.19. The third kappa shape index (κ3) is 2.96. The van der Waals surface area contributed by atoms with Gasteiger partial charge in [0, 0.05) is 24.4 Å². The standard InChI is InChI=1S/C16H20N4/c1-12-5-3-10-18-16(12)20-15-8-2-7-14(19-15)13-6-4-9-17-11-13/h2-3,5,7-8,10,13,17H,4,6,9,11H2,1H3,(H,18,19,20)/t13-/m0/s1. The SMILES string of the molecule is Cc1cccnc1Nc1cccc([C@H]2CCCNC2)n1. The molecule has 1 atom stereocenters. The van der Waals surface area contributed by atoms with Crippen molar-refractivity contribution in [1.29, 1.82) is 0 Å². The van der Waals surface area contributed by atoms with Crippen molar-refractivity contribution in [3.05, 3.63) is 47.8 Å². The quantitative estimate of drug-likeness (QED) is 0.898. The summed E-state index contributed by atoms with van der Waals surface area (Å²) in [6, 6.07) is 10.2. The average Bonchev–Trinajstić information content (AvgIpc) is 2.51. The Hall–Kier alpha value is -1.94. The highest BCUT2D eigenvalue weighted by Crippen LogP contribution is 2.23. The number of hydrogen-bond donors (Lipinski definition) is 2. The number of nitrogens with one attached hydrogen (secondary N) is 2. The molecule has 2 N–H and O–H groups in total. The van der Waals surface area contributed by atoms with Crippen molar-refractivity contribution < 1.29 is 0 Å². The maximum absolute atomic E-state index is 4.74. The zero-order valence-electron chi connectivity index (χ0n) is 11.8. The fourth-order valence-electron chi connectivity index (χ4n) is 2.59. The van der Waals surface area contributed by atoms with Crippen LogP contribution in [-0.4, -0.2) is 23.1 Å². The van der Waals surface area contributed by atoms with Gasteiger partial charge in [-0.25, -0.2) is 9.97 Å². The molecule has 3 heterocycles. The zero-order chi connectivity index (χ0) is 13.8. The molecule has 3 rings (SSSR count). The summed E-state index contributed by atoms with van der Waals surface area (Å²) < 4.78 is 0. The summed E-state index contributed by atoms with van der Waals surface area (Å²) in [5.74, 6) is 2.27. The number of anilines is 2. The molecule has 1 aliphatic rings. The van der Waals surface area contributed by atoms with E-state index in [1.165, 1.54) is 12.8 Å². The van der Waals surface area contributed by atoms with E-state index in [2.05, 4.69) is 27.8 Å². The van der Waals surface area contributed by atoms with Crippen LogP contribution >= 0.6 is 0 Å². The van der Waals surface area contributed by atoms with Crippen molar-refractivity contribution >= 4 is 11.6 Å². The van der Waals surface area contributed by atoms with Gasteiger partial charge >= 0.3 is 0 Å². The number of aromatic nitrogens is 2. The van der Waals surface area contributed by atoms with Crippen molar-refractivity contribution in [2.24, 2.45) is 0 Å². The van der Waals surface area contributed by atoms with E-state index in [1.807, 2.05) is 25.1 Å². The molecule has 4 nitrogen and oxygen atoms in total. The predicted octanol–water partition coefficient (Wildman–Crippen LogP) is 3.00. The molecule has 0 unspecified atom stereocenters. The summed E-state index contributed by atoms with van der Waals surface area (Å²) in [6.07, 6.45) is 4.24. The second kappa shape index (κ2) is 6.01. The Morgan fingerprint density at radius 3 is 3.00 bits per heavy atom. The Kier molecular flexibility index (Phi) is 3.92. The summed E-state index contributed by atoms with van der Waals surface area (Å²) >= 11 is 0. The Bertz CT molecular complexity index is 576. The Morgan fingerprint density at radius 1 is 1.25 bits per heavy atom. The monoisotopic (exact) mass is 268 g/mol. The normalized spacial score (nSPS) is 18.8. The molecule has 20 heavy (non-hydrogen) atoms. The Balaban J connectivity index is 1.79. The highest BCUT2D eigenvalue weighted by molar-refractivity contribution is 5.55. The zero-order valence-corrected chi connectivity index (χ0v) is 11.8. The van der Waals surface area contributed by atoms with Crippen molar-refractivity contribution in [2.75, 3.05) is 18.4 Å². The molecule has 4 heteroatoms. The lowest BCUT2D eigenvalue weighted by Crippen LogP contribution is -2.28. The van der Waals surface area contributed by atoms with Crippen LogP contribution in [0.15, 0.2) is 36.5 Å². The van der Waals surface area contributed by atoms with Crippen LogP contribution in [0.2, 0.25) is 0 Å². The van der Waals surface area contributed by atoms with Gasteiger partial charge in [0.1, 0.15) is 11.6 Å². The molecule has 2 aromatic heterocycles. The molecule has 0 bridgehead atoms. The smallest absolute Gasteiger partial charge is 0.134 e. The molecule has 0 amide bonds. The molecule has 0 saturated carbocycles. The number of aryl methyl sites for hydroxylation is 1. The molecule has 1 aliphatic heterocycles. The largest absolute Gasteiger partial charge is 0.325 e. The molecule has 1 saturated heterocycles. The number of rotatable bonds is 3.